The first-order valence-electron chi connectivity index (χ1n) is 12.1. The van der Waals surface area contributed by atoms with Gasteiger partial charge in [-0.3, -0.25) is 14.5 Å². The molecular formula is C25H34N2O8. The molecule has 1 aromatic carbocycles. The van der Waals surface area contributed by atoms with Crippen LogP contribution in [0.2, 0.25) is 0 Å². The van der Waals surface area contributed by atoms with Gasteiger partial charge in [0, 0.05) is 24.6 Å². The molecule has 3 N–H and O–H groups in total. The summed E-state index contributed by atoms with van der Waals surface area (Å²) in [4.78, 5) is 45.0. The van der Waals surface area contributed by atoms with Gasteiger partial charge in [-0.2, -0.15) is 0 Å². The van der Waals surface area contributed by atoms with Crippen LogP contribution >= 0.6 is 0 Å². The zero-order valence-electron chi connectivity index (χ0n) is 20.1. The number of carboxylic acids is 2. The quantitative estimate of drug-likeness (QED) is 0.298. The highest BCUT2D eigenvalue weighted by Crippen LogP contribution is 2.45. The number of likely N-dealkylation sites (tertiary alicyclic amines) is 1. The van der Waals surface area contributed by atoms with Gasteiger partial charge in [-0.15, -0.1) is 0 Å². The van der Waals surface area contributed by atoms with Crippen LogP contribution in [0.1, 0.15) is 56.9 Å². The Hall–Kier alpha value is -3.14. The van der Waals surface area contributed by atoms with Crippen LogP contribution in [0.15, 0.2) is 18.2 Å². The second kappa shape index (κ2) is 12.0. The fraction of sp³-hybridized carbons (Fsp3) is 0.600. The summed E-state index contributed by atoms with van der Waals surface area (Å²) < 4.78 is 11.3. The number of hydrogen-bond acceptors (Lipinski definition) is 7. The highest BCUT2D eigenvalue weighted by molar-refractivity contribution is 6.27. The van der Waals surface area contributed by atoms with E-state index in [0.29, 0.717) is 19.6 Å². The number of fused-ring (bicyclic) bond motifs is 1. The molecule has 1 unspecified atom stereocenters. The summed E-state index contributed by atoms with van der Waals surface area (Å²) in [5.74, 6) is -1.74. The fourth-order valence-corrected chi connectivity index (χ4v) is 5.11. The number of aliphatic carboxylic acids is 2. The van der Waals surface area contributed by atoms with Crippen LogP contribution in [0.3, 0.4) is 0 Å². The molecule has 35 heavy (non-hydrogen) atoms. The molecule has 192 valence electrons. The Morgan fingerprint density at radius 1 is 1.14 bits per heavy atom. The van der Waals surface area contributed by atoms with Gasteiger partial charge in [0.05, 0.1) is 12.5 Å². The molecule has 1 saturated heterocycles. The number of nitrogens with one attached hydrogen (secondary N) is 1. The Balaban J connectivity index is 0.000000509. The Morgan fingerprint density at radius 3 is 2.51 bits per heavy atom. The van der Waals surface area contributed by atoms with E-state index in [1.807, 2.05) is 18.2 Å². The molecule has 10 heteroatoms. The standard InChI is InChI=1S/C23H32N2O4.C2H2O4/c1-28-19-8-7-9-20-18(19)14-17(16-29-20)24-12-5-6-13-25-21(26)15-23(22(25)27)10-3-2-4-11-23;3-1(4)2(5)6/h7-9,17,24H,2-6,10-16H2,1H3;(H,3,4)(H,5,6). The minimum Gasteiger partial charge on any atom is -0.496 e. The van der Waals surface area contributed by atoms with Crippen molar-refractivity contribution < 1.29 is 38.9 Å². The van der Waals surface area contributed by atoms with E-state index in [1.54, 1.807) is 7.11 Å². The normalized spacial score (nSPS) is 20.5. The lowest BCUT2D eigenvalue weighted by atomic mass is 9.73. The summed E-state index contributed by atoms with van der Waals surface area (Å²) in [5.41, 5.74) is 0.754. The first-order valence-corrected chi connectivity index (χ1v) is 12.1. The third-order valence-electron chi connectivity index (χ3n) is 6.93. The van der Waals surface area contributed by atoms with Crippen LogP contribution in [0.5, 0.6) is 11.5 Å². The second-order valence-corrected chi connectivity index (χ2v) is 9.29. The number of methoxy groups -OCH3 is 1. The van der Waals surface area contributed by atoms with E-state index < -0.39 is 11.9 Å². The van der Waals surface area contributed by atoms with Crippen molar-refractivity contribution in [1.82, 2.24) is 10.2 Å². The largest absolute Gasteiger partial charge is 0.496 e. The number of carbonyl (C=O) groups excluding carboxylic acids is 2. The van der Waals surface area contributed by atoms with E-state index in [-0.39, 0.29) is 23.3 Å². The van der Waals surface area contributed by atoms with E-state index >= 15 is 0 Å². The molecule has 1 spiro atoms. The average Bonchev–Trinajstić information content (AvgIpc) is 3.07. The minimum atomic E-state index is -1.82. The minimum absolute atomic E-state index is 0.0363. The average molecular weight is 491 g/mol. The molecule has 1 aliphatic carbocycles. The van der Waals surface area contributed by atoms with Crippen molar-refractivity contribution in [2.45, 2.75) is 63.8 Å². The first-order chi connectivity index (χ1) is 16.8. The smallest absolute Gasteiger partial charge is 0.414 e. The predicted molar refractivity (Wildman–Crippen MR) is 125 cm³/mol. The van der Waals surface area contributed by atoms with Crippen molar-refractivity contribution in [3.8, 4) is 11.5 Å². The molecular weight excluding hydrogens is 456 g/mol. The van der Waals surface area contributed by atoms with E-state index in [1.165, 1.54) is 11.3 Å². The van der Waals surface area contributed by atoms with Gasteiger partial charge in [-0.05, 0) is 50.8 Å². The van der Waals surface area contributed by atoms with Crippen LogP contribution in [0.25, 0.3) is 0 Å². The SMILES string of the molecule is COc1cccc2c1CC(NCCCCN1C(=O)CC3(CCCCC3)C1=O)CO2.O=C(O)C(=O)O. The van der Waals surface area contributed by atoms with Crippen molar-refractivity contribution in [2.24, 2.45) is 5.41 Å². The maximum Gasteiger partial charge on any atom is 0.414 e. The van der Waals surface area contributed by atoms with Gasteiger partial charge in [0.15, 0.2) is 0 Å². The number of hydrogen-bond donors (Lipinski definition) is 3. The molecule has 1 saturated carbocycles. The van der Waals surface area contributed by atoms with Crippen LogP contribution < -0.4 is 14.8 Å². The predicted octanol–water partition coefficient (Wildman–Crippen LogP) is 2.23. The van der Waals surface area contributed by atoms with Gasteiger partial charge in [-0.1, -0.05) is 25.3 Å². The van der Waals surface area contributed by atoms with Crippen molar-refractivity contribution in [3.63, 3.8) is 0 Å². The van der Waals surface area contributed by atoms with Crippen molar-refractivity contribution in [1.29, 1.82) is 0 Å². The van der Waals surface area contributed by atoms with E-state index in [4.69, 9.17) is 29.3 Å². The number of rotatable bonds is 7. The van der Waals surface area contributed by atoms with Gasteiger partial charge < -0.3 is 25.0 Å². The number of amides is 2. The monoisotopic (exact) mass is 490 g/mol. The topological polar surface area (TPSA) is 142 Å². The maximum atomic E-state index is 12.8. The summed E-state index contributed by atoms with van der Waals surface area (Å²) in [6.45, 7) is 2.05. The van der Waals surface area contributed by atoms with Crippen LogP contribution in [-0.4, -0.2) is 71.7 Å². The Bertz CT molecular complexity index is 915. The fourth-order valence-electron chi connectivity index (χ4n) is 5.11. The molecule has 0 aromatic heterocycles. The van der Waals surface area contributed by atoms with Gasteiger partial charge >= 0.3 is 11.9 Å². The van der Waals surface area contributed by atoms with Gasteiger partial charge in [0.25, 0.3) is 0 Å². The highest BCUT2D eigenvalue weighted by Gasteiger charge is 2.51. The Labute approximate surface area is 204 Å². The summed E-state index contributed by atoms with van der Waals surface area (Å²) in [6.07, 6.45) is 8.21. The Kier molecular flexibility index (Phi) is 9.08. The van der Waals surface area contributed by atoms with Crippen LogP contribution in [0.4, 0.5) is 0 Å². The molecule has 1 aromatic rings. The van der Waals surface area contributed by atoms with E-state index in [2.05, 4.69) is 5.32 Å². The summed E-state index contributed by atoms with van der Waals surface area (Å²) in [6, 6.07) is 6.15. The molecule has 10 nitrogen and oxygen atoms in total. The molecule has 0 bridgehead atoms. The number of benzene rings is 1. The molecule has 2 fully saturated rings. The lowest BCUT2D eigenvalue weighted by Gasteiger charge is -2.30. The number of imide groups is 1. The van der Waals surface area contributed by atoms with Gasteiger partial charge in [0.2, 0.25) is 11.8 Å². The molecule has 3 aliphatic rings. The number of unbranched alkanes of at least 4 members (excludes halogenated alkanes) is 1. The molecule has 2 amide bonds. The number of nitrogens with zero attached hydrogens (tertiary/aromatic N) is 1. The zero-order chi connectivity index (χ0) is 25.4. The molecule has 4 rings (SSSR count). The summed E-state index contributed by atoms with van der Waals surface area (Å²) in [5, 5.41) is 18.3. The Morgan fingerprint density at radius 2 is 1.86 bits per heavy atom. The molecule has 2 heterocycles. The zero-order valence-corrected chi connectivity index (χ0v) is 20.1. The van der Waals surface area contributed by atoms with Crippen molar-refractivity contribution in [2.75, 3.05) is 26.8 Å². The van der Waals surface area contributed by atoms with Gasteiger partial charge in [0.1, 0.15) is 18.1 Å². The number of carboxylic acid groups (broad SMARTS) is 2. The van der Waals surface area contributed by atoms with E-state index in [0.717, 1.165) is 68.6 Å². The lowest BCUT2D eigenvalue weighted by molar-refractivity contribution is -0.159. The molecule has 0 radical (unpaired) electrons. The van der Waals surface area contributed by atoms with E-state index in [9.17, 15) is 9.59 Å². The van der Waals surface area contributed by atoms with Crippen molar-refractivity contribution >= 4 is 23.8 Å². The second-order valence-electron chi connectivity index (χ2n) is 9.29. The summed E-state index contributed by atoms with van der Waals surface area (Å²) in [7, 11) is 1.69. The number of ether oxygens (including phenoxy) is 2. The highest BCUT2D eigenvalue weighted by atomic mass is 16.5. The van der Waals surface area contributed by atoms with Crippen LogP contribution in [-0.2, 0) is 25.6 Å². The third kappa shape index (κ3) is 6.50. The van der Waals surface area contributed by atoms with Gasteiger partial charge in [-0.25, -0.2) is 9.59 Å². The molecule has 2 aliphatic heterocycles. The third-order valence-corrected chi connectivity index (χ3v) is 6.93. The molecule has 1 atom stereocenters. The maximum absolute atomic E-state index is 12.8. The first kappa shape index (κ1) is 26.5. The number of carbonyl (C=O) groups is 4. The van der Waals surface area contributed by atoms with Crippen molar-refractivity contribution in [3.05, 3.63) is 23.8 Å². The summed E-state index contributed by atoms with van der Waals surface area (Å²) >= 11 is 0. The van der Waals surface area contributed by atoms with Crippen LogP contribution in [0, 0.1) is 5.41 Å². The lowest BCUT2D eigenvalue weighted by Crippen LogP contribution is -2.40.